The van der Waals surface area contributed by atoms with Crippen molar-refractivity contribution >= 4 is 5.97 Å². The van der Waals surface area contributed by atoms with E-state index in [1.165, 1.54) is 13.0 Å². The van der Waals surface area contributed by atoms with Gasteiger partial charge in [0.15, 0.2) is 0 Å². The zero-order valence-electron chi connectivity index (χ0n) is 7.43. The summed E-state index contributed by atoms with van der Waals surface area (Å²) < 4.78 is 0. The van der Waals surface area contributed by atoms with Crippen molar-refractivity contribution in [2.75, 3.05) is 0 Å². The number of benzene rings is 1. The highest BCUT2D eigenvalue weighted by Crippen LogP contribution is 2.21. The van der Waals surface area contributed by atoms with E-state index in [9.17, 15) is 4.79 Å². The summed E-state index contributed by atoms with van der Waals surface area (Å²) in [5.41, 5.74) is -0.301. The number of phenolic OH excluding ortho intramolecular Hbond substituents is 1. The maximum absolute atomic E-state index is 10.3. The molecule has 0 aliphatic carbocycles. The number of carbonyl (C=O) groups is 1. The largest absolute Gasteiger partial charge is 0.508 e. The zero-order valence-corrected chi connectivity index (χ0v) is 7.43. The van der Waals surface area contributed by atoms with Crippen molar-refractivity contribution in [3.63, 3.8) is 0 Å². The van der Waals surface area contributed by atoms with Gasteiger partial charge in [-0.1, -0.05) is 0 Å². The molecule has 0 bridgehead atoms. The van der Waals surface area contributed by atoms with Crippen molar-refractivity contribution in [3.8, 4) is 17.6 Å². The van der Waals surface area contributed by atoms with Gasteiger partial charge < -0.3 is 15.3 Å². The molecule has 5 nitrogen and oxygen atoms in total. The average Bonchev–Trinajstić information content (AvgIpc) is 2.10. The van der Waals surface area contributed by atoms with Crippen LogP contribution in [-0.4, -0.2) is 21.3 Å². The zero-order chi connectivity index (χ0) is 11.1. The van der Waals surface area contributed by atoms with Crippen LogP contribution in [0.2, 0.25) is 0 Å². The number of phenols is 2. The van der Waals surface area contributed by atoms with Crippen LogP contribution in [0, 0.1) is 11.3 Å². The van der Waals surface area contributed by atoms with E-state index in [4.69, 9.17) is 20.6 Å². The third-order valence-electron chi connectivity index (χ3n) is 1.21. The minimum Gasteiger partial charge on any atom is -0.508 e. The summed E-state index contributed by atoms with van der Waals surface area (Å²) in [6, 6.07) is 5.07. The Hall–Kier alpha value is -2.22. The number of carboxylic acid groups (broad SMARTS) is 1. The first-order valence-electron chi connectivity index (χ1n) is 3.59. The lowest BCUT2D eigenvalue weighted by atomic mass is 10.2. The first kappa shape index (κ1) is 11.8. The Bertz CT molecular complexity index is 368. The van der Waals surface area contributed by atoms with Crippen molar-refractivity contribution in [1.82, 2.24) is 0 Å². The standard InChI is InChI=1S/C7H6O4.C2H3N/c8-4-1-2-6(9)5(3-4)7(10)11;1-2-3/h1-3,8-9H,(H,10,11);1H3. The van der Waals surface area contributed by atoms with Crippen LogP contribution in [0.4, 0.5) is 0 Å². The SMILES string of the molecule is CC#N.O=C(O)c1cc(O)ccc1O. The summed E-state index contributed by atoms with van der Waals surface area (Å²) >= 11 is 0. The van der Waals surface area contributed by atoms with Crippen LogP contribution in [0.3, 0.4) is 0 Å². The molecule has 5 heteroatoms. The Balaban J connectivity index is 0.000000500. The van der Waals surface area contributed by atoms with Crippen LogP contribution in [0.1, 0.15) is 17.3 Å². The summed E-state index contributed by atoms with van der Waals surface area (Å²) in [5.74, 6) is -1.80. The van der Waals surface area contributed by atoms with Gasteiger partial charge in [0.1, 0.15) is 17.1 Å². The number of nitriles is 1. The highest BCUT2D eigenvalue weighted by atomic mass is 16.4. The van der Waals surface area contributed by atoms with Crippen LogP contribution in [-0.2, 0) is 0 Å². The quantitative estimate of drug-likeness (QED) is 0.586. The van der Waals surface area contributed by atoms with Gasteiger partial charge in [0, 0.05) is 6.92 Å². The topological polar surface area (TPSA) is 102 Å². The molecular formula is C9H9NO4. The predicted molar refractivity (Wildman–Crippen MR) is 48.0 cm³/mol. The fraction of sp³-hybridized carbons (Fsp3) is 0.111. The fourth-order valence-corrected chi connectivity index (χ4v) is 0.695. The van der Waals surface area contributed by atoms with Gasteiger partial charge in [-0.05, 0) is 18.2 Å². The van der Waals surface area contributed by atoms with Crippen LogP contribution < -0.4 is 0 Å². The molecule has 0 aliphatic heterocycles. The van der Waals surface area contributed by atoms with Crippen molar-refractivity contribution in [2.24, 2.45) is 0 Å². The second-order valence-corrected chi connectivity index (χ2v) is 2.23. The maximum atomic E-state index is 10.3. The molecule has 3 N–H and O–H groups in total. The second-order valence-electron chi connectivity index (χ2n) is 2.23. The molecule has 0 amide bonds. The highest BCUT2D eigenvalue weighted by Gasteiger charge is 2.08. The molecule has 0 saturated heterocycles. The minimum absolute atomic E-state index is 0.180. The fourth-order valence-electron chi connectivity index (χ4n) is 0.695. The molecule has 0 unspecified atom stereocenters. The lowest BCUT2D eigenvalue weighted by Gasteiger charge is -1.98. The molecule has 0 atom stereocenters. The van der Waals surface area contributed by atoms with Crippen molar-refractivity contribution in [2.45, 2.75) is 6.92 Å². The summed E-state index contributed by atoms with van der Waals surface area (Å²) in [6.07, 6.45) is 0. The molecule has 0 heterocycles. The molecule has 14 heavy (non-hydrogen) atoms. The third-order valence-corrected chi connectivity index (χ3v) is 1.21. The van der Waals surface area contributed by atoms with Crippen molar-refractivity contribution in [1.29, 1.82) is 5.26 Å². The van der Waals surface area contributed by atoms with E-state index in [0.29, 0.717) is 0 Å². The summed E-state index contributed by atoms with van der Waals surface area (Å²) in [7, 11) is 0. The Kier molecular flexibility index (Phi) is 4.57. The van der Waals surface area contributed by atoms with Crippen LogP contribution in [0.15, 0.2) is 18.2 Å². The van der Waals surface area contributed by atoms with Gasteiger partial charge in [0.25, 0.3) is 0 Å². The number of rotatable bonds is 1. The lowest BCUT2D eigenvalue weighted by molar-refractivity contribution is 0.0693. The lowest BCUT2D eigenvalue weighted by Crippen LogP contribution is -1.95. The van der Waals surface area contributed by atoms with E-state index < -0.39 is 5.97 Å². The maximum Gasteiger partial charge on any atom is 0.339 e. The third kappa shape index (κ3) is 3.45. The molecule has 0 aromatic heterocycles. The van der Waals surface area contributed by atoms with E-state index in [1.54, 1.807) is 6.07 Å². The van der Waals surface area contributed by atoms with Crippen LogP contribution in [0.5, 0.6) is 11.5 Å². The van der Waals surface area contributed by atoms with Gasteiger partial charge in [0.05, 0.1) is 6.07 Å². The molecule has 1 rings (SSSR count). The molecule has 0 saturated carbocycles. The molecule has 0 radical (unpaired) electrons. The summed E-state index contributed by atoms with van der Waals surface area (Å²) in [5, 5.41) is 33.5. The van der Waals surface area contributed by atoms with Gasteiger partial charge in [-0.15, -0.1) is 0 Å². The predicted octanol–water partition coefficient (Wildman–Crippen LogP) is 1.33. The van der Waals surface area contributed by atoms with E-state index in [1.807, 2.05) is 0 Å². The molecule has 1 aromatic rings. The first-order chi connectivity index (χ1) is 6.52. The molecule has 0 aliphatic rings. The minimum atomic E-state index is -1.27. The van der Waals surface area contributed by atoms with Crippen LogP contribution >= 0.6 is 0 Å². The Morgan fingerprint density at radius 3 is 2.29 bits per heavy atom. The van der Waals surface area contributed by atoms with Crippen molar-refractivity contribution in [3.05, 3.63) is 23.8 Å². The Morgan fingerprint density at radius 2 is 1.93 bits per heavy atom. The molecule has 1 aromatic carbocycles. The van der Waals surface area contributed by atoms with E-state index in [0.717, 1.165) is 12.1 Å². The van der Waals surface area contributed by atoms with Gasteiger partial charge in [-0.25, -0.2) is 4.79 Å². The van der Waals surface area contributed by atoms with E-state index in [-0.39, 0.29) is 17.1 Å². The smallest absolute Gasteiger partial charge is 0.339 e. The number of nitrogens with zero attached hydrogens (tertiary/aromatic N) is 1. The Labute approximate surface area is 80.5 Å². The number of carboxylic acids is 1. The van der Waals surface area contributed by atoms with Gasteiger partial charge in [-0.2, -0.15) is 5.26 Å². The van der Waals surface area contributed by atoms with E-state index in [2.05, 4.69) is 0 Å². The van der Waals surface area contributed by atoms with Crippen molar-refractivity contribution < 1.29 is 20.1 Å². The second kappa shape index (κ2) is 5.43. The average molecular weight is 195 g/mol. The number of hydrogen-bond acceptors (Lipinski definition) is 4. The van der Waals surface area contributed by atoms with Gasteiger partial charge in [0.2, 0.25) is 0 Å². The normalized spacial score (nSPS) is 8.00. The van der Waals surface area contributed by atoms with Gasteiger partial charge in [-0.3, -0.25) is 0 Å². The van der Waals surface area contributed by atoms with E-state index >= 15 is 0 Å². The summed E-state index contributed by atoms with van der Waals surface area (Å²) in [4.78, 5) is 10.3. The summed E-state index contributed by atoms with van der Waals surface area (Å²) in [6.45, 7) is 1.43. The first-order valence-corrected chi connectivity index (χ1v) is 3.59. The number of hydrogen-bond donors (Lipinski definition) is 3. The molecule has 74 valence electrons. The Morgan fingerprint density at radius 1 is 1.43 bits per heavy atom. The molecule has 0 spiro atoms. The number of aromatic carboxylic acids is 1. The highest BCUT2D eigenvalue weighted by molar-refractivity contribution is 5.91. The van der Waals surface area contributed by atoms with Crippen LogP contribution in [0.25, 0.3) is 0 Å². The molecular weight excluding hydrogens is 186 g/mol. The van der Waals surface area contributed by atoms with Gasteiger partial charge >= 0.3 is 5.97 Å². The number of aromatic hydroxyl groups is 2. The monoisotopic (exact) mass is 195 g/mol. The molecule has 0 fully saturated rings.